The van der Waals surface area contributed by atoms with Gasteiger partial charge in [0.1, 0.15) is 23.1 Å². The molecule has 2 amide bonds. The van der Waals surface area contributed by atoms with Crippen LogP contribution >= 0.6 is 11.6 Å². The lowest BCUT2D eigenvalue weighted by Gasteiger charge is -2.26. The van der Waals surface area contributed by atoms with Crippen LogP contribution in [0.25, 0.3) is 27.6 Å². The van der Waals surface area contributed by atoms with Gasteiger partial charge in [0.05, 0.1) is 39.3 Å². The second kappa shape index (κ2) is 15.1. The Kier molecular flexibility index (Phi) is 11.3. The van der Waals surface area contributed by atoms with Crippen molar-refractivity contribution in [3.8, 4) is 11.6 Å². The monoisotopic (exact) mass is 849 g/mol. The summed E-state index contributed by atoms with van der Waals surface area (Å²) in [5.74, 6) is -10.1. The smallest absolute Gasteiger partial charge is 0.456 e. The minimum Gasteiger partial charge on any atom is -0.471 e. The standard InChI is InChI=1S/C34H31ClF7N7O7S/c1-16(50)49(57(6,53)54)29-25-21(35)8-9-23(26(25)47(5)46-29)48-28(22(43-31(52)56-32(2,3)4)13-17-11-18(36)14-19(37)12-17)45-27-20(30(48)51)7-10-24(44-27)55-15-33(38,39)34(40,41)42/h7-12,14,22H,13,15H2,1-6H3,(H,43,52)/t22-/m0/s1. The zero-order chi connectivity index (χ0) is 42.6. The predicted molar refractivity (Wildman–Crippen MR) is 191 cm³/mol. The summed E-state index contributed by atoms with van der Waals surface area (Å²) >= 11 is 6.56. The first-order chi connectivity index (χ1) is 26.2. The lowest BCUT2D eigenvalue weighted by atomic mass is 10.0. The van der Waals surface area contributed by atoms with Crippen LogP contribution in [0.4, 0.5) is 41.3 Å². The van der Waals surface area contributed by atoms with Crippen LogP contribution in [0.1, 0.15) is 45.1 Å². The Morgan fingerprint density at radius 1 is 1.00 bits per heavy atom. The molecule has 0 unspecified atom stereocenters. The van der Waals surface area contributed by atoms with E-state index in [-0.39, 0.29) is 27.2 Å². The van der Waals surface area contributed by atoms with E-state index in [0.717, 1.165) is 46.7 Å². The Bertz CT molecular complexity index is 2570. The van der Waals surface area contributed by atoms with E-state index in [1.807, 2.05) is 0 Å². The van der Waals surface area contributed by atoms with E-state index in [0.29, 0.717) is 10.4 Å². The minimum atomic E-state index is -5.97. The number of alkyl halides is 5. The van der Waals surface area contributed by atoms with Gasteiger partial charge in [-0.25, -0.2) is 27.0 Å². The van der Waals surface area contributed by atoms with Crippen LogP contribution in [0.5, 0.6) is 5.88 Å². The summed E-state index contributed by atoms with van der Waals surface area (Å²) < 4.78 is 133. The first-order valence-electron chi connectivity index (χ1n) is 16.3. The van der Waals surface area contributed by atoms with Gasteiger partial charge in [0, 0.05) is 32.5 Å². The topological polar surface area (TPSA) is 168 Å². The van der Waals surface area contributed by atoms with E-state index in [1.54, 1.807) is 0 Å². The number of pyridine rings is 1. The number of alkyl carbamates (subject to hydrolysis) is 1. The van der Waals surface area contributed by atoms with E-state index >= 15 is 0 Å². The van der Waals surface area contributed by atoms with Crippen LogP contribution in [-0.4, -0.2) is 75.3 Å². The molecule has 1 N–H and O–H groups in total. The molecular weight excluding hydrogens is 819 g/mol. The third kappa shape index (κ3) is 9.06. The van der Waals surface area contributed by atoms with Gasteiger partial charge in [-0.3, -0.25) is 18.8 Å². The molecule has 0 aliphatic carbocycles. The first kappa shape index (κ1) is 42.6. The summed E-state index contributed by atoms with van der Waals surface area (Å²) in [6.07, 6.45) is -6.89. The van der Waals surface area contributed by atoms with Crippen molar-refractivity contribution >= 4 is 61.4 Å². The number of nitrogens with one attached hydrogen (secondary N) is 1. The van der Waals surface area contributed by atoms with Crippen molar-refractivity contribution in [2.75, 3.05) is 17.2 Å². The van der Waals surface area contributed by atoms with Crippen molar-refractivity contribution in [3.05, 3.63) is 80.9 Å². The number of amides is 2. The molecular formula is C34H31ClF7N7O7S. The number of benzene rings is 2. The molecule has 0 saturated heterocycles. The third-order valence-corrected chi connectivity index (χ3v) is 9.27. The number of hydrogen-bond donors (Lipinski definition) is 1. The molecule has 0 aliphatic rings. The van der Waals surface area contributed by atoms with Crippen molar-refractivity contribution in [1.82, 2.24) is 29.6 Å². The lowest BCUT2D eigenvalue weighted by molar-refractivity contribution is -0.290. The largest absolute Gasteiger partial charge is 0.471 e. The summed E-state index contributed by atoms with van der Waals surface area (Å²) in [6, 6.07) is 5.08. The van der Waals surface area contributed by atoms with Crippen molar-refractivity contribution in [1.29, 1.82) is 0 Å². The van der Waals surface area contributed by atoms with E-state index in [4.69, 9.17) is 16.3 Å². The molecule has 0 fully saturated rings. The number of rotatable bonds is 10. The average Bonchev–Trinajstić information content (AvgIpc) is 3.37. The molecule has 5 aromatic rings. The molecule has 57 heavy (non-hydrogen) atoms. The maximum absolute atomic E-state index is 14.6. The van der Waals surface area contributed by atoms with Gasteiger partial charge in [0.25, 0.3) is 5.56 Å². The van der Waals surface area contributed by atoms with Crippen molar-refractivity contribution in [2.24, 2.45) is 7.05 Å². The highest BCUT2D eigenvalue weighted by molar-refractivity contribution is 7.92. The van der Waals surface area contributed by atoms with E-state index in [1.165, 1.54) is 40.0 Å². The molecule has 0 saturated carbocycles. The number of nitrogens with zero attached hydrogens (tertiary/aromatic N) is 6. The second-order valence-electron chi connectivity index (χ2n) is 13.6. The molecule has 0 radical (unpaired) electrons. The second-order valence-corrected chi connectivity index (χ2v) is 15.8. The first-order valence-corrected chi connectivity index (χ1v) is 18.5. The number of sulfonamides is 1. The molecule has 0 bridgehead atoms. The summed E-state index contributed by atoms with van der Waals surface area (Å²) in [5.41, 5.74) is -3.10. The van der Waals surface area contributed by atoms with Crippen LogP contribution in [0.2, 0.25) is 5.02 Å². The minimum absolute atomic E-state index is 0.0907. The Morgan fingerprint density at radius 3 is 2.19 bits per heavy atom. The number of fused-ring (bicyclic) bond motifs is 2. The summed E-state index contributed by atoms with van der Waals surface area (Å²) in [7, 11) is -3.01. The van der Waals surface area contributed by atoms with E-state index in [9.17, 15) is 53.5 Å². The van der Waals surface area contributed by atoms with Gasteiger partial charge in [0.2, 0.25) is 21.8 Å². The average molecular weight is 850 g/mol. The maximum atomic E-state index is 14.6. The quantitative estimate of drug-likeness (QED) is 0.158. The van der Waals surface area contributed by atoms with Crippen LogP contribution in [0.3, 0.4) is 0 Å². The maximum Gasteiger partial charge on any atom is 0.456 e. The normalized spacial score (nSPS) is 13.2. The zero-order valence-corrected chi connectivity index (χ0v) is 32.1. The van der Waals surface area contributed by atoms with Crippen LogP contribution in [-0.2, 0) is 33.0 Å². The summed E-state index contributed by atoms with van der Waals surface area (Å²) in [6.45, 7) is 3.32. The number of ether oxygens (including phenoxy) is 2. The van der Waals surface area contributed by atoms with Gasteiger partial charge < -0.3 is 14.8 Å². The van der Waals surface area contributed by atoms with Crippen LogP contribution < -0.4 is 19.9 Å². The van der Waals surface area contributed by atoms with Gasteiger partial charge in [-0.2, -0.15) is 36.3 Å². The van der Waals surface area contributed by atoms with Crippen molar-refractivity contribution in [3.63, 3.8) is 0 Å². The molecule has 0 spiro atoms. The Hall–Kier alpha value is -5.51. The number of anilines is 1. The fourth-order valence-electron chi connectivity index (χ4n) is 5.68. The lowest BCUT2D eigenvalue weighted by Crippen LogP contribution is -2.41. The third-order valence-electron chi connectivity index (χ3n) is 7.86. The SMILES string of the molecule is CC(=O)N(c1nn(C)c2c(-n3c([C@H](Cc4cc(F)cc(F)c4)NC(=O)OC(C)(C)C)nc4nc(OCC(F)(F)C(F)(F)F)ccc4c3=O)ccc(Cl)c12)S(C)(=O)=O. The van der Waals surface area contributed by atoms with Gasteiger partial charge in [-0.1, -0.05) is 11.6 Å². The summed E-state index contributed by atoms with van der Waals surface area (Å²) in [4.78, 5) is 48.8. The van der Waals surface area contributed by atoms with Crippen LogP contribution in [0, 0.1) is 11.6 Å². The molecule has 0 aliphatic heterocycles. The van der Waals surface area contributed by atoms with Crippen molar-refractivity contribution in [2.45, 2.75) is 57.9 Å². The van der Waals surface area contributed by atoms with Gasteiger partial charge in [-0.05, 0) is 56.7 Å². The highest BCUT2D eigenvalue weighted by atomic mass is 35.5. The van der Waals surface area contributed by atoms with Gasteiger partial charge in [-0.15, -0.1) is 0 Å². The van der Waals surface area contributed by atoms with E-state index < -0.39 is 105 Å². The number of hydrogen-bond acceptors (Lipinski definition) is 10. The number of aryl methyl sites for hydroxylation is 1. The summed E-state index contributed by atoms with van der Waals surface area (Å²) in [5, 5.41) is 6.01. The zero-order valence-electron chi connectivity index (χ0n) is 30.5. The van der Waals surface area contributed by atoms with Crippen molar-refractivity contribution < 1.29 is 58.2 Å². The Balaban J connectivity index is 1.86. The molecule has 5 rings (SSSR count). The van der Waals surface area contributed by atoms with Crippen LogP contribution in [0.15, 0.2) is 47.3 Å². The van der Waals surface area contributed by atoms with E-state index in [2.05, 4.69) is 25.1 Å². The highest BCUT2D eigenvalue weighted by Crippen LogP contribution is 2.38. The molecule has 3 heterocycles. The predicted octanol–water partition coefficient (Wildman–Crippen LogP) is 6.30. The number of carbonyl (C=O) groups excluding carboxylic acids is 2. The number of carbonyl (C=O) groups is 2. The Morgan fingerprint density at radius 2 is 1.63 bits per heavy atom. The number of halogens is 8. The molecule has 2 aromatic carbocycles. The fourth-order valence-corrected chi connectivity index (χ4v) is 6.83. The highest BCUT2D eigenvalue weighted by Gasteiger charge is 2.58. The molecule has 23 heteroatoms. The molecule has 14 nitrogen and oxygen atoms in total. The van der Waals surface area contributed by atoms with Gasteiger partial charge in [0.15, 0.2) is 18.1 Å². The number of aromatic nitrogens is 5. The molecule has 1 atom stereocenters. The van der Waals surface area contributed by atoms with Gasteiger partial charge >= 0.3 is 18.2 Å². The molecule has 3 aromatic heterocycles. The fraction of sp³-hybridized carbons (Fsp3) is 0.353. The molecule has 306 valence electrons. The Labute approximate surface area is 323 Å².